The summed E-state index contributed by atoms with van der Waals surface area (Å²) in [5, 5.41) is 6.38. The van der Waals surface area contributed by atoms with Crippen molar-refractivity contribution < 1.29 is 17.7 Å². The number of sulfonamides is 1. The molecule has 0 saturated heterocycles. The minimum Gasteiger partial charge on any atom is -0.361 e. The lowest BCUT2D eigenvalue weighted by Crippen LogP contribution is -2.20. The van der Waals surface area contributed by atoms with E-state index in [1.807, 2.05) is 0 Å². The maximum Gasteiger partial charge on any atom is 0.261 e. The molecule has 2 rings (SSSR count). The summed E-state index contributed by atoms with van der Waals surface area (Å²) in [5.41, 5.74) is 1.79. The van der Waals surface area contributed by atoms with Crippen molar-refractivity contribution in [2.45, 2.75) is 25.7 Å². The Balaban J connectivity index is 2.36. The molecule has 0 bridgehead atoms. The van der Waals surface area contributed by atoms with E-state index in [9.17, 15) is 13.2 Å². The summed E-state index contributed by atoms with van der Waals surface area (Å²) in [6.07, 6.45) is 0. The summed E-state index contributed by atoms with van der Waals surface area (Å²) in [6, 6.07) is 4.69. The standard InChI is InChI=1S/C14H17N3O4S/c1-8-5-6-11(7-12(8)22(19,20)15-4)16-14(18)13-9(2)17-21-10(13)3/h5-7,15H,1-4H3,(H,16,18). The van der Waals surface area contributed by atoms with Crippen LogP contribution in [0.1, 0.15) is 27.4 Å². The molecule has 0 unspecified atom stereocenters. The minimum absolute atomic E-state index is 0.117. The highest BCUT2D eigenvalue weighted by atomic mass is 32.2. The Morgan fingerprint density at radius 2 is 1.91 bits per heavy atom. The SMILES string of the molecule is CNS(=O)(=O)c1cc(NC(=O)c2c(C)noc2C)ccc1C. The van der Waals surface area contributed by atoms with Gasteiger partial charge in [-0.2, -0.15) is 0 Å². The predicted octanol–water partition coefficient (Wildman–Crippen LogP) is 1.76. The average molecular weight is 323 g/mol. The van der Waals surface area contributed by atoms with Crippen LogP contribution < -0.4 is 10.0 Å². The van der Waals surface area contributed by atoms with Gasteiger partial charge >= 0.3 is 0 Å². The van der Waals surface area contributed by atoms with Crippen LogP contribution in [0.2, 0.25) is 0 Å². The summed E-state index contributed by atoms with van der Waals surface area (Å²) >= 11 is 0. The molecular formula is C14H17N3O4S. The molecule has 1 aromatic heterocycles. The van der Waals surface area contributed by atoms with Crippen LogP contribution in [0.3, 0.4) is 0 Å². The third kappa shape index (κ3) is 3.02. The van der Waals surface area contributed by atoms with Gasteiger partial charge in [-0.25, -0.2) is 13.1 Å². The van der Waals surface area contributed by atoms with Crippen molar-refractivity contribution in [1.29, 1.82) is 0 Å². The van der Waals surface area contributed by atoms with Crippen LogP contribution in [0.15, 0.2) is 27.6 Å². The van der Waals surface area contributed by atoms with E-state index in [4.69, 9.17) is 4.52 Å². The lowest BCUT2D eigenvalue weighted by molar-refractivity contribution is 0.102. The molecule has 0 saturated carbocycles. The largest absolute Gasteiger partial charge is 0.361 e. The highest BCUT2D eigenvalue weighted by molar-refractivity contribution is 7.89. The highest BCUT2D eigenvalue weighted by Gasteiger charge is 2.19. The lowest BCUT2D eigenvalue weighted by atomic mass is 10.1. The third-order valence-electron chi connectivity index (χ3n) is 3.26. The number of amides is 1. The number of aromatic nitrogens is 1. The van der Waals surface area contributed by atoms with E-state index < -0.39 is 15.9 Å². The maximum absolute atomic E-state index is 12.3. The first kappa shape index (κ1) is 16.2. The molecule has 0 atom stereocenters. The van der Waals surface area contributed by atoms with E-state index in [-0.39, 0.29) is 4.90 Å². The third-order valence-corrected chi connectivity index (χ3v) is 4.82. The average Bonchev–Trinajstić information content (AvgIpc) is 2.80. The fourth-order valence-electron chi connectivity index (χ4n) is 2.08. The molecule has 0 aliphatic rings. The van der Waals surface area contributed by atoms with Crippen molar-refractivity contribution in [3.05, 3.63) is 40.8 Å². The lowest BCUT2D eigenvalue weighted by Gasteiger charge is -2.10. The molecule has 1 aromatic carbocycles. The van der Waals surface area contributed by atoms with Crippen molar-refractivity contribution >= 4 is 21.6 Å². The molecule has 0 spiro atoms. The Bertz CT molecular complexity index is 805. The Hall–Kier alpha value is -2.19. The van der Waals surface area contributed by atoms with Gasteiger partial charge in [0.15, 0.2) is 0 Å². The molecule has 1 heterocycles. The smallest absolute Gasteiger partial charge is 0.261 e. The number of aryl methyl sites for hydroxylation is 3. The molecule has 118 valence electrons. The van der Waals surface area contributed by atoms with E-state index in [2.05, 4.69) is 15.2 Å². The number of hydrogen-bond donors (Lipinski definition) is 2. The van der Waals surface area contributed by atoms with Gasteiger partial charge in [0.1, 0.15) is 11.3 Å². The van der Waals surface area contributed by atoms with Gasteiger partial charge in [0.05, 0.1) is 10.6 Å². The van der Waals surface area contributed by atoms with Crippen LogP contribution in [0.5, 0.6) is 0 Å². The summed E-state index contributed by atoms with van der Waals surface area (Å²) in [4.78, 5) is 12.4. The molecule has 0 aliphatic carbocycles. The van der Waals surface area contributed by atoms with Gasteiger partial charge in [0.2, 0.25) is 10.0 Å². The Morgan fingerprint density at radius 3 is 2.45 bits per heavy atom. The number of nitrogens with zero attached hydrogens (tertiary/aromatic N) is 1. The van der Waals surface area contributed by atoms with Crippen LogP contribution in [0.4, 0.5) is 5.69 Å². The zero-order chi connectivity index (χ0) is 16.5. The summed E-state index contributed by atoms with van der Waals surface area (Å²) in [6.45, 7) is 4.99. The first-order valence-electron chi connectivity index (χ1n) is 6.54. The number of carbonyl (C=O) groups excluding carboxylic acids is 1. The van der Waals surface area contributed by atoms with Gasteiger partial charge in [-0.3, -0.25) is 4.79 Å². The van der Waals surface area contributed by atoms with Crippen LogP contribution in [-0.2, 0) is 10.0 Å². The number of carbonyl (C=O) groups is 1. The second-order valence-corrected chi connectivity index (χ2v) is 6.70. The number of nitrogens with one attached hydrogen (secondary N) is 2. The molecule has 7 nitrogen and oxygen atoms in total. The van der Waals surface area contributed by atoms with Crippen molar-refractivity contribution in [2.24, 2.45) is 0 Å². The second kappa shape index (κ2) is 5.90. The summed E-state index contributed by atoms with van der Waals surface area (Å²) in [5.74, 6) is 0.0121. The Morgan fingerprint density at radius 1 is 1.23 bits per heavy atom. The maximum atomic E-state index is 12.3. The summed E-state index contributed by atoms with van der Waals surface area (Å²) < 4.78 is 31.1. The first-order valence-corrected chi connectivity index (χ1v) is 8.03. The number of benzene rings is 1. The summed E-state index contributed by atoms with van der Waals surface area (Å²) in [7, 11) is -2.25. The number of anilines is 1. The minimum atomic E-state index is -3.59. The van der Waals surface area contributed by atoms with Crippen LogP contribution in [0, 0.1) is 20.8 Å². The monoisotopic (exact) mass is 323 g/mol. The van der Waals surface area contributed by atoms with Crippen molar-refractivity contribution in [2.75, 3.05) is 12.4 Å². The van der Waals surface area contributed by atoms with Crippen LogP contribution in [0.25, 0.3) is 0 Å². The molecular weight excluding hydrogens is 306 g/mol. The Labute approximate surface area is 128 Å². The topological polar surface area (TPSA) is 101 Å². The van der Waals surface area contributed by atoms with E-state index in [1.54, 1.807) is 32.9 Å². The number of hydrogen-bond acceptors (Lipinski definition) is 5. The molecule has 8 heteroatoms. The first-order chi connectivity index (χ1) is 10.3. The van der Waals surface area contributed by atoms with Gasteiger partial charge in [-0.15, -0.1) is 0 Å². The van der Waals surface area contributed by atoms with Crippen molar-refractivity contribution in [3.8, 4) is 0 Å². The van der Waals surface area contributed by atoms with E-state index in [1.165, 1.54) is 13.1 Å². The molecule has 2 aromatic rings. The van der Waals surface area contributed by atoms with Crippen molar-refractivity contribution in [1.82, 2.24) is 9.88 Å². The fraction of sp³-hybridized carbons (Fsp3) is 0.286. The van der Waals surface area contributed by atoms with Crippen LogP contribution >= 0.6 is 0 Å². The Kier molecular flexibility index (Phi) is 4.34. The van der Waals surface area contributed by atoms with E-state index in [0.29, 0.717) is 28.3 Å². The molecule has 0 aliphatic heterocycles. The molecule has 22 heavy (non-hydrogen) atoms. The fourth-order valence-corrected chi connectivity index (χ4v) is 3.07. The zero-order valence-corrected chi connectivity index (χ0v) is 13.5. The highest BCUT2D eigenvalue weighted by Crippen LogP contribution is 2.21. The normalized spacial score (nSPS) is 11.5. The quantitative estimate of drug-likeness (QED) is 0.893. The van der Waals surface area contributed by atoms with Gasteiger partial charge in [-0.05, 0) is 45.5 Å². The molecule has 2 N–H and O–H groups in total. The van der Waals surface area contributed by atoms with E-state index in [0.717, 1.165) is 0 Å². The zero-order valence-electron chi connectivity index (χ0n) is 12.7. The molecule has 0 radical (unpaired) electrons. The van der Waals surface area contributed by atoms with Gasteiger partial charge in [-0.1, -0.05) is 11.2 Å². The predicted molar refractivity (Wildman–Crippen MR) is 81.4 cm³/mol. The second-order valence-electron chi connectivity index (χ2n) is 4.84. The van der Waals surface area contributed by atoms with Gasteiger partial charge in [0.25, 0.3) is 5.91 Å². The van der Waals surface area contributed by atoms with Gasteiger partial charge in [0, 0.05) is 5.69 Å². The molecule has 0 fully saturated rings. The number of rotatable bonds is 4. The van der Waals surface area contributed by atoms with Gasteiger partial charge < -0.3 is 9.84 Å². The van der Waals surface area contributed by atoms with E-state index >= 15 is 0 Å². The molecule has 1 amide bonds. The van der Waals surface area contributed by atoms with Crippen molar-refractivity contribution in [3.63, 3.8) is 0 Å². The van der Waals surface area contributed by atoms with Crippen LogP contribution in [-0.4, -0.2) is 26.5 Å².